The van der Waals surface area contributed by atoms with E-state index in [-0.39, 0.29) is 6.10 Å². The number of nitrogens with zero attached hydrogens (tertiary/aromatic N) is 1. The second kappa shape index (κ2) is 6.89. The number of rotatable bonds is 3. The fraction of sp³-hybridized carbons (Fsp3) is 0.375. The molecule has 0 unspecified atom stereocenters. The second-order valence-electron chi connectivity index (χ2n) is 5.32. The van der Waals surface area contributed by atoms with Crippen molar-refractivity contribution >= 4 is 23.1 Å². The molecule has 1 aromatic carbocycles. The maximum Gasteiger partial charge on any atom is 0.411 e. The first kappa shape index (κ1) is 15.0. The number of piperidine rings is 1. The molecular weight excluding hydrogens is 298 g/mol. The summed E-state index contributed by atoms with van der Waals surface area (Å²) in [5.74, 6) is 0. The van der Waals surface area contributed by atoms with Gasteiger partial charge in [0.15, 0.2) is 0 Å². The lowest BCUT2D eigenvalue weighted by atomic mass is 10.1. The summed E-state index contributed by atoms with van der Waals surface area (Å²) in [5.41, 5.74) is 2.63. The molecule has 2 aromatic rings. The minimum atomic E-state index is -0.396. The lowest BCUT2D eigenvalue weighted by molar-refractivity contribution is 0.0909. The van der Waals surface area contributed by atoms with E-state index in [0.717, 1.165) is 47.9 Å². The molecular formula is C16H19N3O2S. The molecule has 22 heavy (non-hydrogen) atoms. The Morgan fingerprint density at radius 2 is 2.14 bits per heavy atom. The molecule has 0 spiro atoms. The van der Waals surface area contributed by atoms with Crippen LogP contribution in [-0.4, -0.2) is 30.3 Å². The molecule has 2 heterocycles. The summed E-state index contributed by atoms with van der Waals surface area (Å²) in [6, 6.07) is 7.66. The van der Waals surface area contributed by atoms with Crippen molar-refractivity contribution in [3.8, 4) is 10.6 Å². The molecule has 1 aliphatic heterocycles. The van der Waals surface area contributed by atoms with Gasteiger partial charge in [0.05, 0.1) is 5.69 Å². The minimum Gasteiger partial charge on any atom is -0.446 e. The van der Waals surface area contributed by atoms with Crippen LogP contribution in [0.1, 0.15) is 18.5 Å². The molecule has 0 atom stereocenters. The molecule has 2 N–H and O–H groups in total. The van der Waals surface area contributed by atoms with Gasteiger partial charge in [-0.3, -0.25) is 5.32 Å². The average Bonchev–Trinajstić information content (AvgIpc) is 2.95. The molecule has 0 aliphatic carbocycles. The standard InChI is InChI=1S/C16H19N3O2S/c1-11-10-22-15(18-11)13-4-2-3-5-14(13)19-16(20)21-12-6-8-17-9-7-12/h2-5,10,12,17H,6-9H2,1H3,(H,19,20). The van der Waals surface area contributed by atoms with Gasteiger partial charge in [-0.05, 0) is 45.0 Å². The van der Waals surface area contributed by atoms with Crippen LogP contribution in [0, 0.1) is 6.92 Å². The molecule has 0 saturated carbocycles. The highest BCUT2D eigenvalue weighted by Gasteiger charge is 2.18. The number of anilines is 1. The Balaban J connectivity index is 1.70. The van der Waals surface area contributed by atoms with E-state index in [9.17, 15) is 4.79 Å². The van der Waals surface area contributed by atoms with E-state index in [1.165, 1.54) is 0 Å². The van der Waals surface area contributed by atoms with E-state index in [2.05, 4.69) is 15.6 Å². The monoisotopic (exact) mass is 317 g/mol. The quantitative estimate of drug-likeness (QED) is 0.910. The SMILES string of the molecule is Cc1csc(-c2ccccc2NC(=O)OC2CCNCC2)n1. The molecule has 1 aliphatic rings. The molecule has 0 radical (unpaired) electrons. The van der Waals surface area contributed by atoms with Crippen LogP contribution in [0.3, 0.4) is 0 Å². The van der Waals surface area contributed by atoms with E-state index in [1.807, 2.05) is 36.6 Å². The highest BCUT2D eigenvalue weighted by molar-refractivity contribution is 7.13. The zero-order valence-corrected chi connectivity index (χ0v) is 13.3. The van der Waals surface area contributed by atoms with Crippen LogP contribution in [-0.2, 0) is 4.74 Å². The predicted octanol–water partition coefficient (Wildman–Crippen LogP) is 3.42. The molecule has 0 bridgehead atoms. The Kier molecular flexibility index (Phi) is 4.70. The van der Waals surface area contributed by atoms with Crippen LogP contribution in [0.5, 0.6) is 0 Å². The summed E-state index contributed by atoms with van der Waals surface area (Å²) in [5, 5.41) is 9.00. The maximum atomic E-state index is 12.1. The number of para-hydroxylation sites is 1. The van der Waals surface area contributed by atoms with Gasteiger partial charge in [0.25, 0.3) is 0 Å². The van der Waals surface area contributed by atoms with Crippen molar-refractivity contribution in [2.75, 3.05) is 18.4 Å². The van der Waals surface area contributed by atoms with E-state index < -0.39 is 6.09 Å². The lowest BCUT2D eigenvalue weighted by Crippen LogP contribution is -2.34. The van der Waals surface area contributed by atoms with E-state index >= 15 is 0 Å². The van der Waals surface area contributed by atoms with Crippen molar-refractivity contribution in [1.82, 2.24) is 10.3 Å². The fourth-order valence-electron chi connectivity index (χ4n) is 2.46. The number of aromatic nitrogens is 1. The summed E-state index contributed by atoms with van der Waals surface area (Å²) >= 11 is 1.57. The molecule has 1 aromatic heterocycles. The summed E-state index contributed by atoms with van der Waals surface area (Å²) in [6.45, 7) is 3.75. The van der Waals surface area contributed by atoms with Crippen LogP contribution in [0.4, 0.5) is 10.5 Å². The summed E-state index contributed by atoms with van der Waals surface area (Å²) in [7, 11) is 0. The maximum absolute atomic E-state index is 12.1. The van der Waals surface area contributed by atoms with Crippen molar-refractivity contribution in [2.45, 2.75) is 25.9 Å². The number of ether oxygens (including phenoxy) is 1. The minimum absolute atomic E-state index is 0.00415. The van der Waals surface area contributed by atoms with Crippen LogP contribution in [0.25, 0.3) is 10.6 Å². The highest BCUT2D eigenvalue weighted by atomic mass is 32.1. The normalized spacial score (nSPS) is 15.5. The predicted molar refractivity (Wildman–Crippen MR) is 88.3 cm³/mol. The van der Waals surface area contributed by atoms with Gasteiger partial charge in [-0.2, -0.15) is 0 Å². The third kappa shape index (κ3) is 3.64. The fourth-order valence-corrected chi connectivity index (χ4v) is 3.30. The van der Waals surface area contributed by atoms with Crippen LogP contribution in [0.15, 0.2) is 29.6 Å². The first-order valence-electron chi connectivity index (χ1n) is 7.42. The van der Waals surface area contributed by atoms with E-state index in [1.54, 1.807) is 11.3 Å². The number of carbonyl (C=O) groups excluding carboxylic acids is 1. The Labute approximate surface area is 133 Å². The van der Waals surface area contributed by atoms with Crippen molar-refractivity contribution in [3.63, 3.8) is 0 Å². The Bertz CT molecular complexity index is 650. The topological polar surface area (TPSA) is 63.2 Å². The molecule has 1 saturated heterocycles. The number of aryl methyl sites for hydroxylation is 1. The van der Waals surface area contributed by atoms with Gasteiger partial charge in [0.2, 0.25) is 0 Å². The van der Waals surface area contributed by atoms with Crippen molar-refractivity contribution < 1.29 is 9.53 Å². The van der Waals surface area contributed by atoms with Crippen molar-refractivity contribution in [1.29, 1.82) is 0 Å². The number of thiazole rings is 1. The van der Waals surface area contributed by atoms with Gasteiger partial charge in [-0.15, -0.1) is 11.3 Å². The van der Waals surface area contributed by atoms with Crippen LogP contribution >= 0.6 is 11.3 Å². The number of hydrogen-bond acceptors (Lipinski definition) is 5. The Morgan fingerprint density at radius 1 is 1.36 bits per heavy atom. The van der Waals surface area contributed by atoms with Gasteiger partial charge < -0.3 is 10.1 Å². The molecule has 6 heteroatoms. The van der Waals surface area contributed by atoms with Gasteiger partial charge >= 0.3 is 6.09 Å². The first-order valence-corrected chi connectivity index (χ1v) is 8.30. The Hall–Kier alpha value is -1.92. The van der Waals surface area contributed by atoms with Crippen molar-refractivity contribution in [3.05, 3.63) is 35.3 Å². The second-order valence-corrected chi connectivity index (χ2v) is 6.18. The zero-order chi connectivity index (χ0) is 15.4. The summed E-state index contributed by atoms with van der Waals surface area (Å²) in [4.78, 5) is 16.6. The third-order valence-corrected chi connectivity index (χ3v) is 4.57. The lowest BCUT2D eigenvalue weighted by Gasteiger charge is -2.23. The summed E-state index contributed by atoms with van der Waals surface area (Å²) in [6.07, 6.45) is 1.32. The van der Waals surface area contributed by atoms with E-state index in [4.69, 9.17) is 4.74 Å². The number of carbonyl (C=O) groups is 1. The van der Waals surface area contributed by atoms with Gasteiger partial charge in [0.1, 0.15) is 11.1 Å². The molecule has 116 valence electrons. The summed E-state index contributed by atoms with van der Waals surface area (Å²) < 4.78 is 5.48. The van der Waals surface area contributed by atoms with Gasteiger partial charge in [-0.25, -0.2) is 9.78 Å². The van der Waals surface area contributed by atoms with E-state index in [0.29, 0.717) is 0 Å². The molecule has 1 amide bonds. The number of hydrogen-bond donors (Lipinski definition) is 2. The smallest absolute Gasteiger partial charge is 0.411 e. The largest absolute Gasteiger partial charge is 0.446 e. The van der Waals surface area contributed by atoms with Gasteiger partial charge in [-0.1, -0.05) is 12.1 Å². The number of benzene rings is 1. The number of amides is 1. The third-order valence-electron chi connectivity index (χ3n) is 3.57. The average molecular weight is 317 g/mol. The first-order chi connectivity index (χ1) is 10.7. The van der Waals surface area contributed by atoms with Crippen LogP contribution < -0.4 is 10.6 Å². The molecule has 1 fully saturated rings. The molecule has 3 rings (SSSR count). The van der Waals surface area contributed by atoms with Crippen molar-refractivity contribution in [2.24, 2.45) is 0 Å². The van der Waals surface area contributed by atoms with Gasteiger partial charge in [0, 0.05) is 16.6 Å². The highest BCUT2D eigenvalue weighted by Crippen LogP contribution is 2.30. The Morgan fingerprint density at radius 3 is 2.86 bits per heavy atom. The zero-order valence-electron chi connectivity index (χ0n) is 12.5. The number of nitrogens with one attached hydrogen (secondary N) is 2. The van der Waals surface area contributed by atoms with Crippen LogP contribution in [0.2, 0.25) is 0 Å². The molecule has 5 nitrogen and oxygen atoms in total.